The normalized spacial score (nSPS) is 17.8. The van der Waals surface area contributed by atoms with Gasteiger partial charge in [0.2, 0.25) is 5.79 Å². The summed E-state index contributed by atoms with van der Waals surface area (Å²) in [4.78, 5) is 0. The molecule has 0 radical (unpaired) electrons. The molecule has 0 saturated carbocycles. The van der Waals surface area contributed by atoms with Crippen molar-refractivity contribution >= 4 is 21.8 Å². The molecule has 1 heterocycles. The highest BCUT2D eigenvalue weighted by atomic mass is 32.2. The van der Waals surface area contributed by atoms with E-state index in [0.717, 1.165) is 0 Å². The molecule has 110 valence electrons. The molecule has 7 nitrogen and oxygen atoms in total. The van der Waals surface area contributed by atoms with E-state index in [0.29, 0.717) is 17.0 Å². The molecule has 8 heteroatoms. The summed E-state index contributed by atoms with van der Waals surface area (Å²) >= 11 is 0. The van der Waals surface area contributed by atoms with Crippen LogP contribution in [0.15, 0.2) is 30.0 Å². The van der Waals surface area contributed by atoms with Crippen LogP contribution < -0.4 is 10.9 Å². The maximum absolute atomic E-state index is 10.9. The van der Waals surface area contributed by atoms with Gasteiger partial charge in [-0.3, -0.25) is 0 Å². The second-order valence-corrected chi connectivity index (χ2v) is 5.92. The molecule has 0 fully saturated rings. The Hall–Kier alpha value is -1.77. The first-order chi connectivity index (χ1) is 9.18. The van der Waals surface area contributed by atoms with Crippen molar-refractivity contribution in [2.45, 2.75) is 19.6 Å². The second-order valence-electron chi connectivity index (χ2n) is 4.70. The monoisotopic (exact) mass is 300 g/mol. The predicted molar refractivity (Wildman–Crippen MR) is 73.1 cm³/mol. The van der Waals surface area contributed by atoms with Gasteiger partial charge in [-0.05, 0) is 12.1 Å². The maximum atomic E-state index is 10.9. The van der Waals surface area contributed by atoms with E-state index in [-0.39, 0.29) is 12.4 Å². The first-order valence-corrected chi connectivity index (χ1v) is 7.28. The number of nitrogen functional groups attached to an aromatic ring is 1. The Kier molecular flexibility index (Phi) is 3.63. The quantitative estimate of drug-likeness (QED) is 0.800. The Morgan fingerprint density at radius 2 is 1.90 bits per heavy atom. The van der Waals surface area contributed by atoms with E-state index in [1.54, 1.807) is 38.1 Å². The first-order valence-electron chi connectivity index (χ1n) is 5.81. The number of anilines is 1. The number of nitrogens with two attached hydrogens (primary N) is 2. The Balaban J connectivity index is 2.36. The minimum atomic E-state index is -4.07. The summed E-state index contributed by atoms with van der Waals surface area (Å²) in [6.45, 7) is 3.03. The summed E-state index contributed by atoms with van der Waals surface area (Å²) in [5, 5.41) is 4.80. The van der Waals surface area contributed by atoms with Gasteiger partial charge in [-0.25, -0.2) is 9.32 Å². The van der Waals surface area contributed by atoms with E-state index < -0.39 is 16.1 Å². The number of hydrogen-bond acceptors (Lipinski definition) is 6. The first kappa shape index (κ1) is 14.6. The van der Waals surface area contributed by atoms with Crippen molar-refractivity contribution in [3.63, 3.8) is 0 Å². The molecule has 0 saturated heterocycles. The third kappa shape index (κ3) is 3.41. The van der Waals surface area contributed by atoms with Gasteiger partial charge in [0.1, 0.15) is 6.61 Å². The molecular weight excluding hydrogens is 284 g/mol. The van der Waals surface area contributed by atoms with Gasteiger partial charge in [-0.2, -0.15) is 8.42 Å². The molecular formula is C12H16N2O5S. The minimum absolute atomic E-state index is 0.224. The largest absolute Gasteiger partial charge is 0.451 e. The van der Waals surface area contributed by atoms with Gasteiger partial charge in [0.25, 0.3) is 0 Å². The molecule has 0 bridgehead atoms. The summed E-state index contributed by atoms with van der Waals surface area (Å²) in [6, 6.07) is 7.01. The third-order valence-electron chi connectivity index (χ3n) is 2.53. The van der Waals surface area contributed by atoms with Gasteiger partial charge >= 0.3 is 10.3 Å². The molecule has 2 rings (SSSR count). The van der Waals surface area contributed by atoms with Crippen molar-refractivity contribution in [1.29, 1.82) is 0 Å². The Morgan fingerprint density at radius 1 is 1.25 bits per heavy atom. The number of rotatable bonds is 4. The summed E-state index contributed by atoms with van der Waals surface area (Å²) in [5.41, 5.74) is 6.97. The number of hydrogen-bond donors (Lipinski definition) is 2. The Labute approximate surface area is 117 Å². The number of para-hydroxylation sites is 1. The van der Waals surface area contributed by atoms with Crippen LogP contribution in [0.5, 0.6) is 0 Å². The number of benzene rings is 1. The van der Waals surface area contributed by atoms with Crippen molar-refractivity contribution in [1.82, 2.24) is 0 Å². The predicted octanol–water partition coefficient (Wildman–Crippen LogP) is 0.940. The van der Waals surface area contributed by atoms with E-state index in [4.69, 9.17) is 20.3 Å². The van der Waals surface area contributed by atoms with E-state index in [9.17, 15) is 8.42 Å². The van der Waals surface area contributed by atoms with Gasteiger partial charge < -0.3 is 15.2 Å². The van der Waals surface area contributed by atoms with Gasteiger partial charge in [0.15, 0.2) is 11.5 Å². The Morgan fingerprint density at radius 3 is 2.50 bits per heavy atom. The van der Waals surface area contributed by atoms with Crippen LogP contribution in [-0.4, -0.2) is 20.8 Å². The van der Waals surface area contributed by atoms with Crippen LogP contribution in [0, 0.1) is 0 Å². The van der Waals surface area contributed by atoms with Crippen LogP contribution in [0.1, 0.15) is 19.4 Å². The average molecular weight is 300 g/mol. The van der Waals surface area contributed by atoms with Crippen LogP contribution in [0.2, 0.25) is 0 Å². The van der Waals surface area contributed by atoms with Crippen LogP contribution in [0.4, 0.5) is 5.69 Å². The van der Waals surface area contributed by atoms with Crippen LogP contribution >= 0.6 is 0 Å². The van der Waals surface area contributed by atoms with E-state index in [1.165, 1.54) is 0 Å². The van der Waals surface area contributed by atoms with Gasteiger partial charge in [0, 0.05) is 25.1 Å². The van der Waals surface area contributed by atoms with Crippen LogP contribution in [-0.2, 0) is 24.0 Å². The highest BCUT2D eigenvalue weighted by Gasteiger charge is 2.35. The molecule has 1 aromatic carbocycles. The molecule has 1 aliphatic heterocycles. The third-order valence-corrected chi connectivity index (χ3v) is 2.98. The molecule has 0 aromatic heterocycles. The molecule has 4 N–H and O–H groups in total. The standard InChI is InChI=1S/C12H16N2O5S/c1-12(2)18-10(7-17-20(14,15)16)11(19-12)8-5-3-4-6-9(8)13/h3-6H,7,13H2,1-2H3,(H2,14,15,16). The fourth-order valence-corrected chi connectivity index (χ4v) is 2.08. The zero-order valence-electron chi connectivity index (χ0n) is 11.1. The van der Waals surface area contributed by atoms with Crippen molar-refractivity contribution < 1.29 is 22.1 Å². The minimum Gasteiger partial charge on any atom is -0.451 e. The van der Waals surface area contributed by atoms with E-state index in [1.807, 2.05) is 0 Å². The van der Waals surface area contributed by atoms with Crippen molar-refractivity contribution in [2.24, 2.45) is 5.14 Å². The lowest BCUT2D eigenvalue weighted by Gasteiger charge is -2.19. The lowest BCUT2D eigenvalue weighted by Crippen LogP contribution is -2.22. The zero-order chi connectivity index (χ0) is 15.0. The second kappa shape index (κ2) is 4.97. The molecule has 1 aromatic rings. The van der Waals surface area contributed by atoms with Crippen molar-refractivity contribution in [3.05, 3.63) is 35.6 Å². The zero-order valence-corrected chi connectivity index (χ0v) is 11.9. The van der Waals surface area contributed by atoms with Crippen molar-refractivity contribution in [2.75, 3.05) is 12.3 Å². The van der Waals surface area contributed by atoms with E-state index >= 15 is 0 Å². The highest BCUT2D eigenvalue weighted by Crippen LogP contribution is 2.38. The average Bonchev–Trinajstić information content (AvgIpc) is 2.62. The molecule has 0 aliphatic carbocycles. The SMILES string of the molecule is CC1(C)OC(COS(N)(=O)=O)=C(c2ccccc2N)O1. The van der Waals surface area contributed by atoms with Crippen LogP contribution in [0.25, 0.3) is 5.76 Å². The van der Waals surface area contributed by atoms with E-state index in [2.05, 4.69) is 4.18 Å². The molecule has 0 amide bonds. The van der Waals surface area contributed by atoms with Crippen molar-refractivity contribution in [3.8, 4) is 0 Å². The molecule has 1 aliphatic rings. The smallest absolute Gasteiger partial charge is 0.333 e. The maximum Gasteiger partial charge on any atom is 0.333 e. The molecule has 20 heavy (non-hydrogen) atoms. The number of ether oxygens (including phenoxy) is 2. The van der Waals surface area contributed by atoms with Gasteiger partial charge in [-0.15, -0.1) is 0 Å². The lowest BCUT2D eigenvalue weighted by atomic mass is 10.1. The summed E-state index contributed by atoms with van der Waals surface area (Å²) in [5.74, 6) is -0.368. The topological polar surface area (TPSA) is 114 Å². The fourth-order valence-electron chi connectivity index (χ4n) is 1.81. The highest BCUT2D eigenvalue weighted by molar-refractivity contribution is 7.84. The molecule has 0 spiro atoms. The fraction of sp³-hybridized carbons (Fsp3) is 0.333. The summed E-state index contributed by atoms with van der Waals surface area (Å²) in [7, 11) is -4.07. The summed E-state index contributed by atoms with van der Waals surface area (Å²) < 4.78 is 37.5. The van der Waals surface area contributed by atoms with Gasteiger partial charge in [0.05, 0.1) is 0 Å². The lowest BCUT2D eigenvalue weighted by molar-refractivity contribution is -0.113. The Bertz CT molecular complexity index is 652. The molecule has 0 unspecified atom stereocenters. The van der Waals surface area contributed by atoms with Crippen LogP contribution in [0.3, 0.4) is 0 Å². The van der Waals surface area contributed by atoms with Gasteiger partial charge in [-0.1, -0.05) is 12.1 Å². The molecule has 0 atom stereocenters. The summed E-state index contributed by atoms with van der Waals surface area (Å²) in [6.07, 6.45) is 0.